The fourth-order valence-corrected chi connectivity index (χ4v) is 2.41. The molecule has 98 valence electrons. The first kappa shape index (κ1) is 13.1. The maximum absolute atomic E-state index is 12.1. The quantitative estimate of drug-likeness (QED) is 0.858. The van der Waals surface area contributed by atoms with Gasteiger partial charge >= 0.3 is 0 Å². The molecule has 0 radical (unpaired) electrons. The average molecular weight is 246 g/mol. The molecule has 0 spiro atoms. The van der Waals surface area contributed by atoms with Crippen molar-refractivity contribution in [1.29, 1.82) is 0 Å². The van der Waals surface area contributed by atoms with Gasteiger partial charge in [0.1, 0.15) is 0 Å². The van der Waals surface area contributed by atoms with Crippen LogP contribution in [0.3, 0.4) is 0 Å². The zero-order valence-electron chi connectivity index (χ0n) is 11.3. The summed E-state index contributed by atoms with van der Waals surface area (Å²) in [4.78, 5) is 12.1. The second-order valence-corrected chi connectivity index (χ2v) is 5.10. The van der Waals surface area contributed by atoms with E-state index in [0.29, 0.717) is 6.04 Å². The number of amides is 1. The highest BCUT2D eigenvalue weighted by Crippen LogP contribution is 2.12. The summed E-state index contributed by atoms with van der Waals surface area (Å²) in [5.41, 5.74) is 3.04. The second kappa shape index (κ2) is 6.01. The van der Waals surface area contributed by atoms with Crippen LogP contribution in [0.2, 0.25) is 0 Å². The van der Waals surface area contributed by atoms with Crippen molar-refractivity contribution in [2.24, 2.45) is 0 Å². The van der Waals surface area contributed by atoms with Gasteiger partial charge in [0.05, 0.1) is 0 Å². The van der Waals surface area contributed by atoms with Gasteiger partial charge in [-0.05, 0) is 50.4 Å². The molecule has 1 saturated heterocycles. The Kier molecular flexibility index (Phi) is 4.37. The van der Waals surface area contributed by atoms with Gasteiger partial charge in [-0.1, -0.05) is 18.6 Å². The molecule has 1 aromatic carbocycles. The van der Waals surface area contributed by atoms with Crippen molar-refractivity contribution >= 4 is 5.91 Å². The zero-order chi connectivity index (χ0) is 13.0. The molecular formula is C15H22N2O. The number of piperidine rings is 1. The summed E-state index contributed by atoms with van der Waals surface area (Å²) in [6.45, 7) is 5.84. The fraction of sp³-hybridized carbons (Fsp3) is 0.533. The van der Waals surface area contributed by atoms with Crippen molar-refractivity contribution < 1.29 is 4.79 Å². The Hall–Kier alpha value is -1.35. The van der Waals surface area contributed by atoms with Crippen LogP contribution in [-0.4, -0.2) is 25.0 Å². The second-order valence-electron chi connectivity index (χ2n) is 5.10. The molecule has 1 aromatic rings. The summed E-state index contributed by atoms with van der Waals surface area (Å²) in [6.07, 6.45) is 3.67. The molecule has 1 aliphatic heterocycles. The smallest absolute Gasteiger partial charge is 0.251 e. The molecule has 1 heterocycles. The number of hydrogen-bond donors (Lipinski definition) is 2. The molecular weight excluding hydrogens is 224 g/mol. The van der Waals surface area contributed by atoms with E-state index in [1.54, 1.807) is 0 Å². The van der Waals surface area contributed by atoms with Crippen LogP contribution < -0.4 is 10.6 Å². The summed E-state index contributed by atoms with van der Waals surface area (Å²) in [7, 11) is 0. The molecule has 3 heteroatoms. The SMILES string of the molecule is Cc1cccc(C(=O)NCC2CCCCN2)c1C. The summed E-state index contributed by atoms with van der Waals surface area (Å²) in [6, 6.07) is 6.31. The lowest BCUT2D eigenvalue weighted by Crippen LogP contribution is -2.43. The Morgan fingerprint density at radius 3 is 2.94 bits per heavy atom. The van der Waals surface area contributed by atoms with E-state index in [-0.39, 0.29) is 5.91 Å². The average Bonchev–Trinajstić information content (AvgIpc) is 2.40. The number of carbonyl (C=O) groups excluding carboxylic acids is 1. The van der Waals surface area contributed by atoms with Gasteiger partial charge in [-0.3, -0.25) is 4.79 Å². The van der Waals surface area contributed by atoms with Gasteiger partial charge in [0.2, 0.25) is 0 Å². The van der Waals surface area contributed by atoms with E-state index < -0.39 is 0 Å². The van der Waals surface area contributed by atoms with E-state index >= 15 is 0 Å². The van der Waals surface area contributed by atoms with Crippen LogP contribution in [-0.2, 0) is 0 Å². The lowest BCUT2D eigenvalue weighted by Gasteiger charge is -2.23. The fourth-order valence-electron chi connectivity index (χ4n) is 2.41. The molecule has 2 N–H and O–H groups in total. The minimum absolute atomic E-state index is 0.0450. The van der Waals surface area contributed by atoms with Gasteiger partial charge in [0.25, 0.3) is 5.91 Å². The molecule has 0 aliphatic carbocycles. The van der Waals surface area contributed by atoms with Gasteiger partial charge < -0.3 is 10.6 Å². The van der Waals surface area contributed by atoms with Crippen molar-refractivity contribution in [3.63, 3.8) is 0 Å². The van der Waals surface area contributed by atoms with Gasteiger partial charge in [0, 0.05) is 18.2 Å². The van der Waals surface area contributed by atoms with Gasteiger partial charge in [-0.25, -0.2) is 0 Å². The van der Waals surface area contributed by atoms with Gasteiger partial charge in [-0.2, -0.15) is 0 Å². The van der Waals surface area contributed by atoms with E-state index in [1.165, 1.54) is 18.4 Å². The first-order chi connectivity index (χ1) is 8.68. The molecule has 1 fully saturated rings. The molecule has 1 aliphatic rings. The van der Waals surface area contributed by atoms with Crippen LogP contribution >= 0.6 is 0 Å². The molecule has 0 bridgehead atoms. The van der Waals surface area contributed by atoms with E-state index in [1.807, 2.05) is 32.0 Å². The van der Waals surface area contributed by atoms with Crippen molar-refractivity contribution in [1.82, 2.24) is 10.6 Å². The number of aryl methyl sites for hydroxylation is 1. The minimum atomic E-state index is 0.0450. The molecule has 0 aromatic heterocycles. The summed E-state index contributed by atoms with van der Waals surface area (Å²) in [5.74, 6) is 0.0450. The third kappa shape index (κ3) is 3.10. The standard InChI is InChI=1S/C15H22N2O/c1-11-6-5-8-14(12(11)2)15(18)17-10-13-7-3-4-9-16-13/h5-6,8,13,16H,3-4,7,9-10H2,1-2H3,(H,17,18). The third-order valence-electron chi connectivity index (χ3n) is 3.77. The van der Waals surface area contributed by atoms with E-state index in [4.69, 9.17) is 0 Å². The van der Waals surface area contributed by atoms with Crippen LogP contribution in [0.1, 0.15) is 40.7 Å². The van der Waals surface area contributed by atoms with Crippen LogP contribution in [0.5, 0.6) is 0 Å². The van der Waals surface area contributed by atoms with Crippen LogP contribution in [0, 0.1) is 13.8 Å². The topological polar surface area (TPSA) is 41.1 Å². The molecule has 18 heavy (non-hydrogen) atoms. The monoisotopic (exact) mass is 246 g/mol. The number of nitrogens with one attached hydrogen (secondary N) is 2. The normalized spacial score (nSPS) is 19.6. The number of benzene rings is 1. The van der Waals surface area contributed by atoms with Crippen molar-refractivity contribution in [2.45, 2.75) is 39.2 Å². The number of rotatable bonds is 3. The third-order valence-corrected chi connectivity index (χ3v) is 3.77. The predicted octanol–water partition coefficient (Wildman–Crippen LogP) is 2.18. The Balaban J connectivity index is 1.93. The van der Waals surface area contributed by atoms with Crippen molar-refractivity contribution in [3.8, 4) is 0 Å². The van der Waals surface area contributed by atoms with Gasteiger partial charge in [0.15, 0.2) is 0 Å². The van der Waals surface area contributed by atoms with Crippen LogP contribution in [0.25, 0.3) is 0 Å². The summed E-state index contributed by atoms with van der Waals surface area (Å²) < 4.78 is 0. The number of hydrogen-bond acceptors (Lipinski definition) is 2. The highest BCUT2D eigenvalue weighted by atomic mass is 16.1. The van der Waals surface area contributed by atoms with Crippen molar-refractivity contribution in [3.05, 3.63) is 34.9 Å². The van der Waals surface area contributed by atoms with Crippen molar-refractivity contribution in [2.75, 3.05) is 13.1 Å². The number of carbonyl (C=O) groups is 1. The Morgan fingerprint density at radius 1 is 1.39 bits per heavy atom. The lowest BCUT2D eigenvalue weighted by molar-refractivity contribution is 0.0947. The summed E-state index contributed by atoms with van der Waals surface area (Å²) >= 11 is 0. The van der Waals surface area contributed by atoms with E-state index in [0.717, 1.165) is 30.6 Å². The van der Waals surface area contributed by atoms with E-state index in [9.17, 15) is 4.79 Å². The minimum Gasteiger partial charge on any atom is -0.350 e. The maximum Gasteiger partial charge on any atom is 0.251 e. The predicted molar refractivity (Wildman–Crippen MR) is 73.9 cm³/mol. The molecule has 2 rings (SSSR count). The molecule has 1 atom stereocenters. The Morgan fingerprint density at radius 2 is 2.22 bits per heavy atom. The van der Waals surface area contributed by atoms with Crippen LogP contribution in [0.15, 0.2) is 18.2 Å². The first-order valence-electron chi connectivity index (χ1n) is 6.76. The first-order valence-corrected chi connectivity index (χ1v) is 6.76. The highest BCUT2D eigenvalue weighted by molar-refractivity contribution is 5.95. The van der Waals surface area contributed by atoms with Crippen LogP contribution in [0.4, 0.5) is 0 Å². The Bertz CT molecular complexity index is 423. The molecule has 1 amide bonds. The molecule has 0 saturated carbocycles. The largest absolute Gasteiger partial charge is 0.350 e. The maximum atomic E-state index is 12.1. The van der Waals surface area contributed by atoms with E-state index in [2.05, 4.69) is 10.6 Å². The Labute approximate surface area is 109 Å². The lowest BCUT2D eigenvalue weighted by atomic mass is 10.0. The zero-order valence-corrected chi connectivity index (χ0v) is 11.3. The summed E-state index contributed by atoms with van der Waals surface area (Å²) in [5, 5.41) is 6.47. The molecule has 3 nitrogen and oxygen atoms in total. The highest BCUT2D eigenvalue weighted by Gasteiger charge is 2.15. The molecule has 1 unspecified atom stereocenters. The van der Waals surface area contributed by atoms with Gasteiger partial charge in [-0.15, -0.1) is 0 Å².